The first-order valence-corrected chi connectivity index (χ1v) is 10.8. The molecule has 2 aliphatic heterocycles. The predicted molar refractivity (Wildman–Crippen MR) is 113 cm³/mol. The first-order valence-electron chi connectivity index (χ1n) is 9.66. The number of piperidine rings is 1. The average molecular weight is 398 g/mol. The van der Waals surface area contributed by atoms with E-state index in [0.717, 1.165) is 44.8 Å². The van der Waals surface area contributed by atoms with Crippen molar-refractivity contribution >= 4 is 30.1 Å². The number of hydrogen-bond acceptors (Lipinski definition) is 4. The van der Waals surface area contributed by atoms with E-state index in [1.807, 2.05) is 11.8 Å². The number of hydrogen-bond donors (Lipinski definition) is 2. The lowest BCUT2D eigenvalue weighted by molar-refractivity contribution is -0.123. The molecule has 2 atom stereocenters. The van der Waals surface area contributed by atoms with Crippen LogP contribution in [0.1, 0.15) is 31.2 Å². The lowest BCUT2D eigenvalue weighted by Gasteiger charge is -2.33. The monoisotopic (exact) mass is 397 g/mol. The first kappa shape index (κ1) is 21.5. The smallest absolute Gasteiger partial charge is 0.237 e. The van der Waals surface area contributed by atoms with E-state index in [-0.39, 0.29) is 24.4 Å². The molecule has 2 aliphatic rings. The Hall–Kier alpha value is -0.750. The topological polar surface area (TPSA) is 44.4 Å². The van der Waals surface area contributed by atoms with Crippen molar-refractivity contribution in [3.05, 3.63) is 35.9 Å². The molecule has 2 saturated heterocycles. The van der Waals surface area contributed by atoms with Crippen LogP contribution in [0.2, 0.25) is 0 Å². The largest absolute Gasteiger partial charge is 0.354 e. The van der Waals surface area contributed by atoms with Crippen molar-refractivity contribution in [2.75, 3.05) is 38.5 Å². The molecule has 26 heavy (non-hydrogen) atoms. The maximum Gasteiger partial charge on any atom is 0.237 e. The Labute approximate surface area is 168 Å². The molecule has 4 nitrogen and oxygen atoms in total. The summed E-state index contributed by atoms with van der Waals surface area (Å²) in [5.74, 6) is 3.09. The molecule has 2 unspecified atom stereocenters. The molecular formula is C20H32ClN3OS. The number of nitrogens with one attached hydrogen (secondary N) is 2. The Kier molecular flexibility index (Phi) is 9.83. The summed E-state index contributed by atoms with van der Waals surface area (Å²) in [6, 6.07) is 10.7. The molecule has 146 valence electrons. The molecule has 0 radical (unpaired) electrons. The van der Waals surface area contributed by atoms with E-state index >= 15 is 0 Å². The van der Waals surface area contributed by atoms with Gasteiger partial charge in [-0.3, -0.25) is 4.79 Å². The highest BCUT2D eigenvalue weighted by molar-refractivity contribution is 7.98. The van der Waals surface area contributed by atoms with Crippen LogP contribution in [0.5, 0.6) is 0 Å². The SMILES string of the molecule is Cl.O=C(NCC1CCCN(CCSCc2ccccc2)C1)C1CCCN1. The van der Waals surface area contributed by atoms with Gasteiger partial charge in [0.1, 0.15) is 0 Å². The van der Waals surface area contributed by atoms with Crippen molar-refractivity contribution in [1.82, 2.24) is 15.5 Å². The van der Waals surface area contributed by atoms with E-state index in [1.165, 1.54) is 30.7 Å². The van der Waals surface area contributed by atoms with Crippen LogP contribution in [0.25, 0.3) is 0 Å². The van der Waals surface area contributed by atoms with Crippen molar-refractivity contribution in [2.45, 2.75) is 37.5 Å². The molecule has 0 spiro atoms. The first-order chi connectivity index (χ1) is 12.3. The molecule has 1 aromatic carbocycles. The Morgan fingerprint density at radius 1 is 1.23 bits per heavy atom. The van der Waals surface area contributed by atoms with E-state index in [2.05, 4.69) is 45.9 Å². The second-order valence-corrected chi connectivity index (χ2v) is 8.35. The van der Waals surface area contributed by atoms with Gasteiger partial charge in [-0.1, -0.05) is 30.3 Å². The van der Waals surface area contributed by atoms with Crippen molar-refractivity contribution in [3.8, 4) is 0 Å². The minimum Gasteiger partial charge on any atom is -0.354 e. The molecule has 2 fully saturated rings. The number of nitrogens with zero attached hydrogens (tertiary/aromatic N) is 1. The summed E-state index contributed by atoms with van der Waals surface area (Å²) in [5.41, 5.74) is 1.41. The van der Waals surface area contributed by atoms with Gasteiger partial charge in [0.05, 0.1) is 6.04 Å². The summed E-state index contributed by atoms with van der Waals surface area (Å²) in [7, 11) is 0. The van der Waals surface area contributed by atoms with Crippen LogP contribution >= 0.6 is 24.2 Å². The van der Waals surface area contributed by atoms with E-state index in [4.69, 9.17) is 0 Å². The normalized spacial score (nSPS) is 23.4. The van der Waals surface area contributed by atoms with Crippen molar-refractivity contribution in [1.29, 1.82) is 0 Å². The van der Waals surface area contributed by atoms with Gasteiger partial charge in [0.2, 0.25) is 5.91 Å². The molecule has 0 bridgehead atoms. The summed E-state index contributed by atoms with van der Waals surface area (Å²) in [4.78, 5) is 14.7. The van der Waals surface area contributed by atoms with E-state index in [9.17, 15) is 4.79 Å². The highest BCUT2D eigenvalue weighted by Crippen LogP contribution is 2.18. The van der Waals surface area contributed by atoms with Crippen LogP contribution in [-0.4, -0.2) is 55.3 Å². The third-order valence-corrected chi connectivity index (χ3v) is 6.22. The van der Waals surface area contributed by atoms with Crippen molar-refractivity contribution in [2.24, 2.45) is 5.92 Å². The van der Waals surface area contributed by atoms with Crippen LogP contribution in [0.3, 0.4) is 0 Å². The lowest BCUT2D eigenvalue weighted by atomic mass is 9.98. The second-order valence-electron chi connectivity index (χ2n) is 7.24. The zero-order chi connectivity index (χ0) is 17.3. The van der Waals surface area contributed by atoms with Gasteiger partial charge >= 0.3 is 0 Å². The summed E-state index contributed by atoms with van der Waals surface area (Å²) in [6.45, 7) is 5.32. The summed E-state index contributed by atoms with van der Waals surface area (Å²) < 4.78 is 0. The minimum atomic E-state index is 0. The molecule has 2 N–H and O–H groups in total. The third kappa shape index (κ3) is 7.10. The van der Waals surface area contributed by atoms with Gasteiger partial charge in [0.15, 0.2) is 0 Å². The Balaban J connectivity index is 0.00000243. The lowest BCUT2D eigenvalue weighted by Crippen LogP contribution is -2.45. The standard InChI is InChI=1S/C20H31N3OS.ClH/c24-20(19-9-4-10-21-19)22-14-18-8-5-11-23(15-18)12-13-25-16-17-6-2-1-3-7-17;/h1-3,6-7,18-19,21H,4-5,8-16H2,(H,22,24);1H. The zero-order valence-corrected chi connectivity index (χ0v) is 17.1. The van der Waals surface area contributed by atoms with Crippen LogP contribution in [-0.2, 0) is 10.5 Å². The average Bonchev–Trinajstić information content (AvgIpc) is 3.19. The van der Waals surface area contributed by atoms with Gasteiger partial charge in [0, 0.05) is 31.1 Å². The van der Waals surface area contributed by atoms with Crippen LogP contribution in [0.15, 0.2) is 30.3 Å². The van der Waals surface area contributed by atoms with Gasteiger partial charge < -0.3 is 15.5 Å². The molecule has 1 amide bonds. The molecule has 0 aromatic heterocycles. The maximum atomic E-state index is 12.1. The molecule has 3 rings (SSSR count). The summed E-state index contributed by atoms with van der Waals surface area (Å²) >= 11 is 2.02. The summed E-state index contributed by atoms with van der Waals surface area (Å²) in [5, 5.41) is 6.45. The Bertz CT molecular complexity index is 525. The second kappa shape index (κ2) is 11.9. The Morgan fingerprint density at radius 2 is 2.08 bits per heavy atom. The molecule has 6 heteroatoms. The van der Waals surface area contributed by atoms with Crippen LogP contribution in [0.4, 0.5) is 0 Å². The number of thioether (sulfide) groups is 1. The number of carbonyl (C=O) groups excluding carboxylic acids is 1. The van der Waals surface area contributed by atoms with Gasteiger partial charge in [-0.2, -0.15) is 11.8 Å². The van der Waals surface area contributed by atoms with Crippen LogP contribution in [0, 0.1) is 5.92 Å². The third-order valence-electron chi connectivity index (χ3n) is 5.21. The number of benzene rings is 1. The minimum absolute atomic E-state index is 0. The highest BCUT2D eigenvalue weighted by Gasteiger charge is 2.24. The molecule has 0 saturated carbocycles. The number of likely N-dealkylation sites (tertiary alicyclic amines) is 1. The molecule has 0 aliphatic carbocycles. The number of rotatable bonds is 8. The van der Waals surface area contributed by atoms with E-state index < -0.39 is 0 Å². The fraction of sp³-hybridized carbons (Fsp3) is 0.650. The fourth-order valence-corrected chi connectivity index (χ4v) is 4.72. The zero-order valence-electron chi connectivity index (χ0n) is 15.5. The Morgan fingerprint density at radius 3 is 2.85 bits per heavy atom. The van der Waals surface area contributed by atoms with Gasteiger partial charge in [-0.25, -0.2) is 0 Å². The predicted octanol–water partition coefficient (Wildman–Crippen LogP) is 2.92. The molecular weight excluding hydrogens is 366 g/mol. The number of amides is 1. The van der Waals surface area contributed by atoms with Crippen LogP contribution < -0.4 is 10.6 Å². The van der Waals surface area contributed by atoms with Gasteiger partial charge in [-0.05, 0) is 50.3 Å². The van der Waals surface area contributed by atoms with E-state index in [0.29, 0.717) is 5.92 Å². The van der Waals surface area contributed by atoms with Gasteiger partial charge in [0.25, 0.3) is 0 Å². The maximum absolute atomic E-state index is 12.1. The summed E-state index contributed by atoms with van der Waals surface area (Å²) in [6.07, 6.45) is 4.61. The molecule has 2 heterocycles. The highest BCUT2D eigenvalue weighted by atomic mass is 35.5. The van der Waals surface area contributed by atoms with E-state index in [1.54, 1.807) is 0 Å². The van der Waals surface area contributed by atoms with Crippen molar-refractivity contribution < 1.29 is 4.79 Å². The molecule has 1 aromatic rings. The fourth-order valence-electron chi connectivity index (χ4n) is 3.76. The number of halogens is 1. The number of carbonyl (C=O) groups is 1. The van der Waals surface area contributed by atoms with Crippen molar-refractivity contribution in [3.63, 3.8) is 0 Å². The van der Waals surface area contributed by atoms with Gasteiger partial charge in [-0.15, -0.1) is 12.4 Å². The quantitative estimate of drug-likeness (QED) is 0.662.